The van der Waals surface area contributed by atoms with E-state index in [4.69, 9.17) is 5.73 Å². The molecule has 0 radical (unpaired) electrons. The third-order valence-corrected chi connectivity index (χ3v) is 2.03. The Morgan fingerprint density at radius 3 is 2.35 bits per heavy atom. The largest absolute Gasteiger partial charge is 0.445 e. The molecule has 5 N–H and O–H groups in total. The number of aliphatic hydroxyl groups excluding tert-OH is 2. The van der Waals surface area contributed by atoms with Crippen LogP contribution in [0, 0.1) is 0 Å². The molecule has 100 valence electrons. The number of rotatable bonds is 7. The average Bonchev–Trinajstić information content (AvgIpc) is 2.33. The van der Waals surface area contributed by atoms with E-state index in [2.05, 4.69) is 10.1 Å². The Labute approximate surface area is 99.9 Å². The molecule has 0 aliphatic carbocycles. The fourth-order valence-corrected chi connectivity index (χ4v) is 0.927. The first kappa shape index (κ1) is 15.8. The van der Waals surface area contributed by atoms with Gasteiger partial charge in [-0.25, -0.2) is 4.79 Å². The van der Waals surface area contributed by atoms with E-state index in [-0.39, 0.29) is 0 Å². The summed E-state index contributed by atoms with van der Waals surface area (Å²) in [7, 11) is 0. The van der Waals surface area contributed by atoms with Crippen molar-refractivity contribution in [1.82, 2.24) is 5.32 Å². The number of esters is 1. The zero-order chi connectivity index (χ0) is 13.4. The van der Waals surface area contributed by atoms with E-state index in [0.717, 1.165) is 0 Å². The van der Waals surface area contributed by atoms with Crippen molar-refractivity contribution in [1.29, 1.82) is 0 Å². The summed E-state index contributed by atoms with van der Waals surface area (Å²) in [5.74, 6) is -1.93. The molecule has 0 spiro atoms. The Morgan fingerprint density at radius 2 is 1.88 bits per heavy atom. The van der Waals surface area contributed by atoms with Crippen LogP contribution in [-0.4, -0.2) is 47.1 Å². The molecule has 7 nitrogen and oxygen atoms in total. The molecule has 0 aromatic heterocycles. The lowest BCUT2D eigenvalue weighted by Gasteiger charge is -2.18. The van der Waals surface area contributed by atoms with E-state index in [1.807, 2.05) is 6.92 Å². The van der Waals surface area contributed by atoms with Gasteiger partial charge in [0.2, 0.25) is 0 Å². The molecular formula is C10H20N2O5. The lowest BCUT2D eigenvalue weighted by molar-refractivity contribution is -0.168. The van der Waals surface area contributed by atoms with E-state index in [9.17, 15) is 19.8 Å². The predicted octanol–water partition coefficient (Wildman–Crippen LogP) is -1.53. The standard InChI is InChI=1S/C10H20N2O5/c1-3-5-12-9(15)7(13)8(14)10(16)17-6(11)4-2/h6-8,13-14H,3-5,11H2,1-2H3,(H,12,15). The highest BCUT2D eigenvalue weighted by atomic mass is 16.6. The molecule has 0 saturated heterocycles. The molecule has 0 fully saturated rings. The van der Waals surface area contributed by atoms with E-state index in [0.29, 0.717) is 19.4 Å². The van der Waals surface area contributed by atoms with Crippen molar-refractivity contribution < 1.29 is 24.5 Å². The van der Waals surface area contributed by atoms with Crippen LogP contribution in [0.2, 0.25) is 0 Å². The number of nitrogens with one attached hydrogen (secondary N) is 1. The maximum absolute atomic E-state index is 11.2. The van der Waals surface area contributed by atoms with Crippen molar-refractivity contribution in [2.75, 3.05) is 6.54 Å². The molecule has 0 rings (SSSR count). The Kier molecular flexibility index (Phi) is 7.44. The van der Waals surface area contributed by atoms with Gasteiger partial charge in [0.15, 0.2) is 18.4 Å². The van der Waals surface area contributed by atoms with Crippen molar-refractivity contribution in [3.63, 3.8) is 0 Å². The first-order chi connectivity index (χ1) is 7.93. The molecule has 0 saturated carbocycles. The number of ether oxygens (including phenoxy) is 1. The van der Waals surface area contributed by atoms with Gasteiger partial charge in [-0.05, 0) is 12.8 Å². The van der Waals surface area contributed by atoms with Crippen LogP contribution in [0.4, 0.5) is 0 Å². The molecule has 0 bridgehead atoms. The third kappa shape index (κ3) is 5.62. The summed E-state index contributed by atoms with van der Waals surface area (Å²) in [4.78, 5) is 22.5. The number of aliphatic hydroxyl groups is 2. The first-order valence-corrected chi connectivity index (χ1v) is 5.53. The first-order valence-electron chi connectivity index (χ1n) is 5.53. The Balaban J connectivity index is 4.23. The minimum absolute atomic E-state index is 0.353. The van der Waals surface area contributed by atoms with E-state index in [1.54, 1.807) is 6.92 Å². The summed E-state index contributed by atoms with van der Waals surface area (Å²) >= 11 is 0. The van der Waals surface area contributed by atoms with E-state index < -0.39 is 30.3 Å². The second kappa shape index (κ2) is 7.99. The van der Waals surface area contributed by atoms with Crippen molar-refractivity contribution in [2.24, 2.45) is 5.73 Å². The monoisotopic (exact) mass is 248 g/mol. The van der Waals surface area contributed by atoms with E-state index in [1.165, 1.54) is 0 Å². The van der Waals surface area contributed by atoms with Crippen molar-refractivity contribution in [3.8, 4) is 0 Å². The summed E-state index contributed by atoms with van der Waals surface area (Å²) in [6, 6.07) is 0. The van der Waals surface area contributed by atoms with Gasteiger partial charge in [-0.3, -0.25) is 10.5 Å². The summed E-state index contributed by atoms with van der Waals surface area (Å²) < 4.78 is 4.59. The van der Waals surface area contributed by atoms with Crippen molar-refractivity contribution in [3.05, 3.63) is 0 Å². The van der Waals surface area contributed by atoms with Gasteiger partial charge in [0.05, 0.1) is 0 Å². The van der Waals surface area contributed by atoms with Crippen LogP contribution in [0.15, 0.2) is 0 Å². The van der Waals surface area contributed by atoms with Gasteiger partial charge >= 0.3 is 5.97 Å². The van der Waals surface area contributed by atoms with E-state index >= 15 is 0 Å². The van der Waals surface area contributed by atoms with Gasteiger partial charge in [-0.15, -0.1) is 0 Å². The molecule has 0 aromatic carbocycles. The minimum Gasteiger partial charge on any atom is -0.445 e. The van der Waals surface area contributed by atoms with Crippen LogP contribution in [0.1, 0.15) is 26.7 Å². The molecule has 17 heavy (non-hydrogen) atoms. The SMILES string of the molecule is CCCNC(=O)C(O)C(O)C(=O)OC(N)CC. The van der Waals surface area contributed by atoms with Crippen LogP contribution in [-0.2, 0) is 14.3 Å². The van der Waals surface area contributed by atoms with Gasteiger partial charge in [0, 0.05) is 6.54 Å². The second-order valence-electron chi connectivity index (χ2n) is 3.56. The topological polar surface area (TPSA) is 122 Å². The number of amides is 1. The van der Waals surface area contributed by atoms with Crippen LogP contribution < -0.4 is 11.1 Å². The van der Waals surface area contributed by atoms with Crippen molar-refractivity contribution >= 4 is 11.9 Å². The Morgan fingerprint density at radius 1 is 1.29 bits per heavy atom. The molecule has 0 heterocycles. The van der Waals surface area contributed by atoms with Crippen LogP contribution in [0.25, 0.3) is 0 Å². The Bertz CT molecular complexity index is 259. The number of carbonyl (C=O) groups excluding carboxylic acids is 2. The molecule has 3 unspecified atom stereocenters. The van der Waals surface area contributed by atoms with Crippen LogP contribution >= 0.6 is 0 Å². The van der Waals surface area contributed by atoms with Crippen LogP contribution in [0.3, 0.4) is 0 Å². The summed E-state index contributed by atoms with van der Waals surface area (Å²) in [6.45, 7) is 3.87. The molecule has 0 aliphatic heterocycles. The molecule has 1 amide bonds. The van der Waals surface area contributed by atoms with Gasteiger partial charge in [-0.1, -0.05) is 13.8 Å². The van der Waals surface area contributed by atoms with Crippen LogP contribution in [0.5, 0.6) is 0 Å². The number of hydrogen-bond donors (Lipinski definition) is 4. The minimum atomic E-state index is -1.93. The maximum atomic E-state index is 11.2. The van der Waals surface area contributed by atoms with Gasteiger partial charge in [0.25, 0.3) is 5.91 Å². The zero-order valence-electron chi connectivity index (χ0n) is 10.0. The summed E-state index contributed by atoms with van der Waals surface area (Å²) in [5.41, 5.74) is 5.33. The molecule has 3 atom stereocenters. The average molecular weight is 248 g/mol. The summed E-state index contributed by atoms with van der Waals surface area (Å²) in [6.07, 6.45) is -3.58. The molecule has 7 heteroatoms. The molecular weight excluding hydrogens is 228 g/mol. The second-order valence-corrected chi connectivity index (χ2v) is 3.56. The predicted molar refractivity (Wildman–Crippen MR) is 59.7 cm³/mol. The number of nitrogens with two attached hydrogens (primary N) is 1. The smallest absolute Gasteiger partial charge is 0.339 e. The highest BCUT2D eigenvalue weighted by Crippen LogP contribution is 2.00. The normalized spacial score (nSPS) is 15.8. The quantitative estimate of drug-likeness (QED) is 0.320. The van der Waals surface area contributed by atoms with Crippen molar-refractivity contribution in [2.45, 2.75) is 45.1 Å². The lowest BCUT2D eigenvalue weighted by Crippen LogP contribution is -2.47. The van der Waals surface area contributed by atoms with Gasteiger partial charge < -0.3 is 20.3 Å². The highest BCUT2D eigenvalue weighted by molar-refractivity contribution is 5.88. The highest BCUT2D eigenvalue weighted by Gasteiger charge is 2.32. The molecule has 0 aliphatic rings. The number of hydrogen-bond acceptors (Lipinski definition) is 6. The zero-order valence-corrected chi connectivity index (χ0v) is 10.0. The van der Waals surface area contributed by atoms with Gasteiger partial charge in [0.1, 0.15) is 0 Å². The molecule has 0 aromatic rings. The Hall–Kier alpha value is -1.18. The summed E-state index contributed by atoms with van der Waals surface area (Å²) in [5, 5.41) is 21.1. The third-order valence-electron chi connectivity index (χ3n) is 2.03. The maximum Gasteiger partial charge on any atom is 0.339 e. The fraction of sp³-hybridized carbons (Fsp3) is 0.800. The van der Waals surface area contributed by atoms with Gasteiger partial charge in [-0.2, -0.15) is 0 Å². The lowest BCUT2D eigenvalue weighted by atomic mass is 10.2. The number of carbonyl (C=O) groups is 2. The fourth-order valence-electron chi connectivity index (χ4n) is 0.927.